The summed E-state index contributed by atoms with van der Waals surface area (Å²) in [7, 11) is 0. The van der Waals surface area contributed by atoms with E-state index < -0.39 is 0 Å². The molecule has 0 saturated heterocycles. The Balaban J connectivity index is 0. The van der Waals surface area contributed by atoms with Crippen molar-refractivity contribution >= 4 is 12.1 Å². The quantitative estimate of drug-likeness (QED) is 0.465. The molecular formula is C12H24O2. The van der Waals surface area contributed by atoms with Crippen molar-refractivity contribution in [3.05, 3.63) is 0 Å². The van der Waals surface area contributed by atoms with E-state index in [0.717, 1.165) is 38.4 Å². The molecule has 0 aliphatic rings. The standard InChI is InChI=1S/2C6H12O/c1-3-4-5-6(2)7;1-2-3-4-5-6-7/h3-5H2,1-2H3;6H,2-5H2,1H3. The number of hydrogen-bond acceptors (Lipinski definition) is 2. The lowest BCUT2D eigenvalue weighted by Gasteiger charge is -1.86. The van der Waals surface area contributed by atoms with Crippen molar-refractivity contribution in [2.24, 2.45) is 0 Å². The van der Waals surface area contributed by atoms with E-state index in [9.17, 15) is 9.59 Å². The highest BCUT2D eigenvalue weighted by Crippen LogP contribution is 1.94. The van der Waals surface area contributed by atoms with Crippen LogP contribution in [0.25, 0.3) is 0 Å². The molecule has 14 heavy (non-hydrogen) atoms. The molecule has 0 heterocycles. The van der Waals surface area contributed by atoms with Crippen LogP contribution in [-0.4, -0.2) is 12.1 Å². The van der Waals surface area contributed by atoms with Crippen molar-refractivity contribution in [3.63, 3.8) is 0 Å². The first-order chi connectivity index (χ1) is 6.68. The Bertz CT molecular complexity index is 130. The van der Waals surface area contributed by atoms with Crippen LogP contribution in [0.5, 0.6) is 0 Å². The molecule has 0 aromatic heterocycles. The second-order valence-electron chi connectivity index (χ2n) is 3.47. The monoisotopic (exact) mass is 200 g/mol. The molecule has 2 heteroatoms. The molecule has 0 amide bonds. The minimum Gasteiger partial charge on any atom is -0.303 e. The maximum Gasteiger partial charge on any atom is 0.129 e. The van der Waals surface area contributed by atoms with Crippen LogP contribution in [0.15, 0.2) is 0 Å². The highest BCUT2D eigenvalue weighted by atomic mass is 16.1. The van der Waals surface area contributed by atoms with E-state index in [4.69, 9.17) is 0 Å². The first kappa shape index (κ1) is 15.8. The molecule has 0 aromatic rings. The minimum atomic E-state index is 0.307. The van der Waals surface area contributed by atoms with Gasteiger partial charge in [-0.15, -0.1) is 0 Å². The van der Waals surface area contributed by atoms with Crippen LogP contribution < -0.4 is 0 Å². The van der Waals surface area contributed by atoms with Gasteiger partial charge in [0.25, 0.3) is 0 Å². The molecule has 0 radical (unpaired) electrons. The highest BCUT2D eigenvalue weighted by molar-refractivity contribution is 5.75. The number of aldehydes is 1. The first-order valence-electron chi connectivity index (χ1n) is 5.62. The summed E-state index contributed by atoms with van der Waals surface area (Å²) in [4.78, 5) is 19.9. The van der Waals surface area contributed by atoms with Gasteiger partial charge in [0.1, 0.15) is 12.1 Å². The summed E-state index contributed by atoms with van der Waals surface area (Å²) in [6.45, 7) is 5.85. The molecule has 0 rings (SSSR count). The molecule has 0 spiro atoms. The first-order valence-corrected chi connectivity index (χ1v) is 5.62. The van der Waals surface area contributed by atoms with Gasteiger partial charge >= 0.3 is 0 Å². The zero-order valence-electron chi connectivity index (χ0n) is 9.84. The SMILES string of the molecule is CCCCC(C)=O.CCCCCC=O. The summed E-state index contributed by atoms with van der Waals surface area (Å²) in [5, 5.41) is 0. The normalized spacial score (nSPS) is 8.79. The Morgan fingerprint density at radius 3 is 1.93 bits per heavy atom. The Hall–Kier alpha value is -0.660. The van der Waals surface area contributed by atoms with Crippen LogP contribution >= 0.6 is 0 Å². The van der Waals surface area contributed by atoms with Crippen molar-refractivity contribution in [1.82, 2.24) is 0 Å². The Labute approximate surface area is 88.1 Å². The average molecular weight is 200 g/mol. The molecule has 0 fully saturated rings. The Kier molecular flexibility index (Phi) is 16.7. The number of rotatable bonds is 7. The molecule has 84 valence electrons. The van der Waals surface area contributed by atoms with Gasteiger partial charge in [-0.2, -0.15) is 0 Å². The second-order valence-corrected chi connectivity index (χ2v) is 3.47. The van der Waals surface area contributed by atoms with Gasteiger partial charge in [-0.1, -0.05) is 33.1 Å². The number of hydrogen-bond donors (Lipinski definition) is 0. The summed E-state index contributed by atoms with van der Waals surface area (Å²) in [6, 6.07) is 0. The summed E-state index contributed by atoms with van der Waals surface area (Å²) < 4.78 is 0. The van der Waals surface area contributed by atoms with Crippen molar-refractivity contribution < 1.29 is 9.59 Å². The molecule has 0 N–H and O–H groups in total. The molecule has 0 aliphatic heterocycles. The largest absolute Gasteiger partial charge is 0.303 e. The fourth-order valence-electron chi connectivity index (χ4n) is 0.903. The molecule has 2 nitrogen and oxygen atoms in total. The number of unbranched alkanes of at least 4 members (excludes halogenated alkanes) is 4. The third-order valence-corrected chi connectivity index (χ3v) is 1.81. The van der Waals surface area contributed by atoms with Gasteiger partial charge in [0, 0.05) is 12.8 Å². The fraction of sp³-hybridized carbons (Fsp3) is 0.833. The topological polar surface area (TPSA) is 34.1 Å². The van der Waals surface area contributed by atoms with Crippen molar-refractivity contribution in [2.45, 2.75) is 65.7 Å². The second kappa shape index (κ2) is 14.8. The highest BCUT2D eigenvalue weighted by Gasteiger charge is 1.87. The Morgan fingerprint density at radius 1 is 1.07 bits per heavy atom. The predicted molar refractivity (Wildman–Crippen MR) is 60.4 cm³/mol. The third kappa shape index (κ3) is 22.5. The maximum atomic E-state index is 10.2. The van der Waals surface area contributed by atoms with Gasteiger partial charge in [-0.3, -0.25) is 0 Å². The van der Waals surface area contributed by atoms with Crippen LogP contribution in [0.1, 0.15) is 65.7 Å². The molecule has 0 aliphatic carbocycles. The van der Waals surface area contributed by atoms with Crippen LogP contribution in [-0.2, 0) is 9.59 Å². The molecule has 0 bridgehead atoms. The van der Waals surface area contributed by atoms with Crippen molar-refractivity contribution in [1.29, 1.82) is 0 Å². The smallest absolute Gasteiger partial charge is 0.129 e. The summed E-state index contributed by atoms with van der Waals surface area (Å²) in [5.41, 5.74) is 0. The third-order valence-electron chi connectivity index (χ3n) is 1.81. The van der Waals surface area contributed by atoms with E-state index in [0.29, 0.717) is 5.78 Å². The van der Waals surface area contributed by atoms with Gasteiger partial charge in [0.15, 0.2) is 0 Å². The van der Waals surface area contributed by atoms with Gasteiger partial charge in [0.2, 0.25) is 0 Å². The average Bonchev–Trinajstić information content (AvgIpc) is 2.16. The van der Waals surface area contributed by atoms with E-state index in [1.807, 2.05) is 0 Å². The Morgan fingerprint density at radius 2 is 1.64 bits per heavy atom. The summed E-state index contributed by atoms with van der Waals surface area (Å²) in [6.07, 6.45) is 8.13. The van der Waals surface area contributed by atoms with Gasteiger partial charge in [-0.25, -0.2) is 0 Å². The summed E-state index contributed by atoms with van der Waals surface area (Å²) >= 11 is 0. The number of Topliss-reactive ketones (excluding diaryl/α,β-unsaturated/α-hetero) is 1. The van der Waals surface area contributed by atoms with Gasteiger partial charge in [0.05, 0.1) is 0 Å². The zero-order chi connectivity index (χ0) is 11.2. The minimum absolute atomic E-state index is 0.307. The fourth-order valence-corrected chi connectivity index (χ4v) is 0.903. The van der Waals surface area contributed by atoms with Crippen LogP contribution in [0.4, 0.5) is 0 Å². The molecule has 0 atom stereocenters. The number of carbonyl (C=O) groups is 2. The lowest BCUT2D eigenvalue weighted by Crippen LogP contribution is -1.86. The molecular weight excluding hydrogens is 176 g/mol. The van der Waals surface area contributed by atoms with Crippen LogP contribution in [0.3, 0.4) is 0 Å². The van der Waals surface area contributed by atoms with E-state index in [-0.39, 0.29) is 0 Å². The van der Waals surface area contributed by atoms with Crippen LogP contribution in [0.2, 0.25) is 0 Å². The summed E-state index contributed by atoms with van der Waals surface area (Å²) in [5.74, 6) is 0.307. The van der Waals surface area contributed by atoms with Gasteiger partial charge < -0.3 is 9.59 Å². The van der Waals surface area contributed by atoms with E-state index in [2.05, 4.69) is 13.8 Å². The van der Waals surface area contributed by atoms with E-state index in [1.165, 1.54) is 12.8 Å². The number of carbonyl (C=O) groups excluding carboxylic acids is 2. The van der Waals surface area contributed by atoms with E-state index in [1.54, 1.807) is 6.92 Å². The molecule has 0 aromatic carbocycles. The van der Waals surface area contributed by atoms with Crippen LogP contribution in [0, 0.1) is 0 Å². The van der Waals surface area contributed by atoms with E-state index >= 15 is 0 Å². The maximum absolute atomic E-state index is 10.2. The molecule has 0 unspecified atom stereocenters. The number of ketones is 1. The van der Waals surface area contributed by atoms with Crippen molar-refractivity contribution in [3.8, 4) is 0 Å². The molecule has 0 saturated carbocycles. The van der Waals surface area contributed by atoms with Gasteiger partial charge in [-0.05, 0) is 19.8 Å². The lowest BCUT2D eigenvalue weighted by molar-refractivity contribution is -0.117. The zero-order valence-corrected chi connectivity index (χ0v) is 9.84. The predicted octanol–water partition coefficient (Wildman–Crippen LogP) is 3.53. The van der Waals surface area contributed by atoms with Crippen molar-refractivity contribution in [2.75, 3.05) is 0 Å². The lowest BCUT2D eigenvalue weighted by atomic mass is 10.2.